The van der Waals surface area contributed by atoms with Crippen LogP contribution in [0.2, 0.25) is 0 Å². The lowest BCUT2D eigenvalue weighted by Crippen LogP contribution is -2.41. The molecule has 1 aromatic carbocycles. The van der Waals surface area contributed by atoms with Crippen LogP contribution in [0.15, 0.2) is 28.5 Å². The highest BCUT2D eigenvalue weighted by Gasteiger charge is 2.56. The van der Waals surface area contributed by atoms with Gasteiger partial charge in [-0.05, 0) is 34.6 Å². The van der Waals surface area contributed by atoms with Crippen LogP contribution < -0.4 is 15.4 Å². The van der Waals surface area contributed by atoms with Gasteiger partial charge in [0.05, 0.1) is 23.4 Å². The number of ketones is 3. The van der Waals surface area contributed by atoms with Crippen molar-refractivity contribution < 1.29 is 34.1 Å². The van der Waals surface area contributed by atoms with E-state index in [-0.39, 0.29) is 46.0 Å². The summed E-state index contributed by atoms with van der Waals surface area (Å²) in [6.45, 7) is 7.18. The Bertz CT molecular complexity index is 1400. The van der Waals surface area contributed by atoms with Gasteiger partial charge in [-0.1, -0.05) is 0 Å². The molecule has 4 N–H and O–H groups in total. The highest BCUT2D eigenvalue weighted by Crippen LogP contribution is 2.57. The number of rotatable bonds is 5. The number of Topliss-reactive ketones (excluding diaryl/α,β-unsaturated/α-hetero) is 2. The molecule has 35 heavy (non-hydrogen) atoms. The topological polar surface area (TPSA) is 155 Å². The molecule has 182 valence electrons. The smallest absolute Gasteiger partial charge is 0.245 e. The number of benzene rings is 1. The highest BCUT2D eigenvalue weighted by atomic mass is 32.1. The molecule has 0 saturated carbocycles. The van der Waals surface area contributed by atoms with Crippen molar-refractivity contribution in [1.82, 2.24) is 10.3 Å². The number of amides is 1. The number of fused-ring (bicyclic) bond motifs is 3. The first-order valence-corrected chi connectivity index (χ1v) is 11.5. The van der Waals surface area contributed by atoms with Gasteiger partial charge in [-0.2, -0.15) is 0 Å². The summed E-state index contributed by atoms with van der Waals surface area (Å²) < 4.78 is 5.72. The molecule has 2 aliphatic rings. The monoisotopic (exact) mass is 497 g/mol. The van der Waals surface area contributed by atoms with Crippen molar-refractivity contribution in [3.8, 4) is 17.2 Å². The van der Waals surface area contributed by atoms with Crippen LogP contribution in [0, 0.1) is 13.8 Å². The highest BCUT2D eigenvalue weighted by molar-refractivity contribution is 7.13. The van der Waals surface area contributed by atoms with Crippen LogP contribution in [0.4, 0.5) is 5.13 Å². The summed E-state index contributed by atoms with van der Waals surface area (Å²) in [4.78, 5) is 55.3. The van der Waals surface area contributed by atoms with Gasteiger partial charge in [-0.15, -0.1) is 11.3 Å². The first-order valence-electron chi connectivity index (χ1n) is 10.6. The molecule has 0 fully saturated rings. The minimum absolute atomic E-state index is 0.00364. The number of anilines is 1. The van der Waals surface area contributed by atoms with Gasteiger partial charge in [-0.25, -0.2) is 4.98 Å². The van der Waals surface area contributed by atoms with Gasteiger partial charge in [0.1, 0.15) is 34.0 Å². The Morgan fingerprint density at radius 2 is 1.86 bits per heavy atom. The molecule has 1 aliphatic carbocycles. The number of nitrogens with zero attached hydrogens (tertiary/aromatic N) is 1. The van der Waals surface area contributed by atoms with Gasteiger partial charge in [0, 0.05) is 22.7 Å². The SMILES string of the molecule is CC(=O)c1c(O)c(C)c(O)c2c1OC1=CC(=O)C(=C(C)NCC(=O)Nc3nc(C)cs3)C(=O)[C@@]12C. The number of aryl methyl sites for hydroxylation is 1. The molecular formula is C24H23N3O7S. The normalized spacial score (nSPS) is 20.0. The summed E-state index contributed by atoms with van der Waals surface area (Å²) in [5, 5.41) is 28.9. The van der Waals surface area contributed by atoms with Crippen molar-refractivity contribution in [2.24, 2.45) is 0 Å². The summed E-state index contributed by atoms with van der Waals surface area (Å²) >= 11 is 1.27. The predicted molar refractivity (Wildman–Crippen MR) is 127 cm³/mol. The third kappa shape index (κ3) is 3.68. The number of aromatic nitrogens is 1. The van der Waals surface area contributed by atoms with Crippen LogP contribution in [-0.2, 0) is 19.8 Å². The summed E-state index contributed by atoms with van der Waals surface area (Å²) in [5.41, 5.74) is -1.05. The number of aromatic hydroxyl groups is 2. The number of phenolic OH excluding ortho intramolecular Hbond substituents is 2. The lowest BCUT2D eigenvalue weighted by molar-refractivity contribution is -0.124. The average Bonchev–Trinajstić information content (AvgIpc) is 3.31. The second kappa shape index (κ2) is 8.35. The van der Waals surface area contributed by atoms with E-state index < -0.39 is 40.2 Å². The number of carbonyl (C=O) groups is 4. The first kappa shape index (κ1) is 24.1. The van der Waals surface area contributed by atoms with Crippen molar-refractivity contribution in [1.29, 1.82) is 0 Å². The number of ether oxygens (including phenoxy) is 1. The standard InChI is InChI=1S/C24H23N3O7S/c1-9-8-35-23(26-9)27-15(30)7-25-11(3)16-13(29)6-14-24(5,22(16)33)18-20(32)10(2)19(31)17(12(4)28)21(18)34-14/h6,8,25,31-32H,7H2,1-5H3,(H,26,27,30)/t24-/m0/s1. The predicted octanol–water partition coefficient (Wildman–Crippen LogP) is 2.56. The Morgan fingerprint density at radius 1 is 1.17 bits per heavy atom. The van der Waals surface area contributed by atoms with Crippen molar-refractivity contribution in [2.45, 2.75) is 40.0 Å². The Kier molecular flexibility index (Phi) is 5.76. The van der Waals surface area contributed by atoms with Gasteiger partial charge < -0.3 is 25.6 Å². The molecule has 0 bridgehead atoms. The molecule has 1 aromatic heterocycles. The maximum absolute atomic E-state index is 13.7. The first-order chi connectivity index (χ1) is 16.4. The number of allylic oxidation sites excluding steroid dienone is 4. The zero-order valence-corrected chi connectivity index (χ0v) is 20.5. The van der Waals surface area contributed by atoms with Crippen LogP contribution >= 0.6 is 11.3 Å². The van der Waals surface area contributed by atoms with E-state index in [2.05, 4.69) is 15.6 Å². The second-order valence-electron chi connectivity index (χ2n) is 8.58. The van der Waals surface area contributed by atoms with E-state index in [1.54, 1.807) is 12.3 Å². The summed E-state index contributed by atoms with van der Waals surface area (Å²) in [7, 11) is 0. The van der Waals surface area contributed by atoms with E-state index in [4.69, 9.17) is 4.74 Å². The zero-order valence-electron chi connectivity index (χ0n) is 19.7. The largest absolute Gasteiger partial charge is 0.507 e. The molecule has 10 nitrogen and oxygen atoms in total. The van der Waals surface area contributed by atoms with E-state index in [1.165, 1.54) is 39.0 Å². The van der Waals surface area contributed by atoms with E-state index in [0.717, 1.165) is 11.8 Å². The Balaban J connectivity index is 1.71. The Labute approximate surface area is 204 Å². The molecule has 1 aliphatic heterocycles. The third-order valence-electron chi connectivity index (χ3n) is 6.14. The van der Waals surface area contributed by atoms with Gasteiger partial charge in [0.25, 0.3) is 0 Å². The Morgan fingerprint density at radius 3 is 2.46 bits per heavy atom. The van der Waals surface area contributed by atoms with Crippen molar-refractivity contribution in [3.05, 3.63) is 50.9 Å². The van der Waals surface area contributed by atoms with E-state index in [1.807, 2.05) is 0 Å². The minimum atomic E-state index is -1.62. The van der Waals surface area contributed by atoms with E-state index in [9.17, 15) is 29.4 Å². The lowest BCUT2D eigenvalue weighted by atomic mass is 9.70. The Hall–Kier alpha value is -3.99. The average molecular weight is 498 g/mol. The molecular weight excluding hydrogens is 474 g/mol. The fourth-order valence-corrected chi connectivity index (χ4v) is 4.94. The second-order valence-corrected chi connectivity index (χ2v) is 9.44. The fraction of sp³-hybridized carbons (Fsp3) is 0.292. The fourth-order valence-electron chi connectivity index (χ4n) is 4.24. The van der Waals surface area contributed by atoms with Crippen LogP contribution in [0.3, 0.4) is 0 Å². The zero-order chi connectivity index (χ0) is 25.8. The van der Waals surface area contributed by atoms with Crippen LogP contribution in [0.5, 0.6) is 17.2 Å². The summed E-state index contributed by atoms with van der Waals surface area (Å²) in [6.07, 6.45) is 1.12. The molecule has 0 spiro atoms. The quantitative estimate of drug-likeness (QED) is 0.277. The molecule has 4 rings (SSSR count). The minimum Gasteiger partial charge on any atom is -0.507 e. The number of carbonyl (C=O) groups excluding carboxylic acids is 4. The lowest BCUT2D eigenvalue weighted by Gasteiger charge is -2.29. The van der Waals surface area contributed by atoms with Crippen LogP contribution in [0.1, 0.15) is 48.0 Å². The molecule has 0 saturated heterocycles. The molecule has 0 unspecified atom stereocenters. The summed E-state index contributed by atoms with van der Waals surface area (Å²) in [6, 6.07) is 0. The van der Waals surface area contributed by atoms with Gasteiger partial charge in [0.2, 0.25) is 5.91 Å². The molecule has 0 radical (unpaired) electrons. The van der Waals surface area contributed by atoms with E-state index >= 15 is 0 Å². The number of hydrogen-bond donors (Lipinski definition) is 4. The van der Waals surface area contributed by atoms with Crippen molar-refractivity contribution >= 4 is 39.7 Å². The van der Waals surface area contributed by atoms with Crippen LogP contribution in [0.25, 0.3) is 0 Å². The maximum atomic E-state index is 13.7. The third-order valence-corrected chi connectivity index (χ3v) is 7.01. The van der Waals surface area contributed by atoms with Crippen LogP contribution in [-0.4, -0.2) is 45.0 Å². The summed E-state index contributed by atoms with van der Waals surface area (Å²) in [5.74, 6) is -3.34. The number of hydrogen-bond acceptors (Lipinski definition) is 10. The van der Waals surface area contributed by atoms with Crippen molar-refractivity contribution in [3.63, 3.8) is 0 Å². The maximum Gasteiger partial charge on any atom is 0.245 e. The van der Waals surface area contributed by atoms with Gasteiger partial charge >= 0.3 is 0 Å². The molecule has 1 amide bonds. The molecule has 11 heteroatoms. The van der Waals surface area contributed by atoms with Crippen molar-refractivity contribution in [2.75, 3.05) is 11.9 Å². The molecule has 1 atom stereocenters. The van der Waals surface area contributed by atoms with Gasteiger partial charge in [-0.3, -0.25) is 19.2 Å². The number of thiazole rings is 1. The number of nitrogens with one attached hydrogen (secondary N) is 2. The number of phenols is 2. The molecule has 2 aromatic rings. The molecule has 2 heterocycles. The van der Waals surface area contributed by atoms with Gasteiger partial charge in [0.15, 0.2) is 22.5 Å². The van der Waals surface area contributed by atoms with E-state index in [0.29, 0.717) is 5.13 Å².